The first-order valence-corrected chi connectivity index (χ1v) is 7.57. The molecule has 1 unspecified atom stereocenters. The number of methoxy groups -OCH3 is 1. The normalized spacial score (nSPS) is 21.5. The number of ether oxygens (including phenoxy) is 1. The van der Waals surface area contributed by atoms with Gasteiger partial charge in [0.2, 0.25) is 0 Å². The van der Waals surface area contributed by atoms with Crippen molar-refractivity contribution in [3.8, 4) is 0 Å². The lowest BCUT2D eigenvalue weighted by atomic mass is 9.87. The van der Waals surface area contributed by atoms with Crippen molar-refractivity contribution < 1.29 is 9.53 Å². The van der Waals surface area contributed by atoms with Gasteiger partial charge in [-0.3, -0.25) is 0 Å². The van der Waals surface area contributed by atoms with E-state index in [0.29, 0.717) is 17.5 Å². The van der Waals surface area contributed by atoms with Crippen molar-refractivity contribution in [2.45, 2.75) is 24.8 Å². The lowest BCUT2D eigenvalue weighted by Crippen LogP contribution is -2.31. The first kappa shape index (κ1) is 14.8. The van der Waals surface area contributed by atoms with Gasteiger partial charge in [-0.05, 0) is 37.1 Å². The SMILES string of the molecule is COC(=O)c1ccc([C@@H]2CC(c3cn(C)cn3)CCN2)cc1. The van der Waals surface area contributed by atoms with E-state index >= 15 is 0 Å². The van der Waals surface area contributed by atoms with Crippen LogP contribution in [0.2, 0.25) is 0 Å². The highest BCUT2D eigenvalue weighted by Crippen LogP contribution is 2.33. The third kappa shape index (κ3) is 3.04. The predicted octanol–water partition coefficient (Wildman–Crippen LogP) is 2.42. The number of nitrogens with zero attached hydrogens (tertiary/aromatic N) is 2. The van der Waals surface area contributed by atoms with Crippen LogP contribution in [0.15, 0.2) is 36.8 Å². The van der Waals surface area contributed by atoms with Gasteiger partial charge in [-0.2, -0.15) is 0 Å². The van der Waals surface area contributed by atoms with Crippen molar-refractivity contribution in [1.29, 1.82) is 0 Å². The number of hydrogen-bond acceptors (Lipinski definition) is 4. The predicted molar refractivity (Wildman–Crippen MR) is 83.7 cm³/mol. The van der Waals surface area contributed by atoms with Gasteiger partial charge in [-0.25, -0.2) is 9.78 Å². The third-order valence-electron chi connectivity index (χ3n) is 4.28. The van der Waals surface area contributed by atoms with Gasteiger partial charge in [0.1, 0.15) is 0 Å². The number of carbonyl (C=O) groups is 1. The summed E-state index contributed by atoms with van der Waals surface area (Å²) < 4.78 is 6.73. The average Bonchev–Trinajstić information content (AvgIpc) is 3.01. The molecule has 1 aliphatic heterocycles. The number of aryl methyl sites for hydroxylation is 1. The highest BCUT2D eigenvalue weighted by atomic mass is 16.5. The topological polar surface area (TPSA) is 56.2 Å². The monoisotopic (exact) mass is 299 g/mol. The highest BCUT2D eigenvalue weighted by Gasteiger charge is 2.25. The molecule has 2 atom stereocenters. The molecule has 0 amide bonds. The molecule has 2 aromatic rings. The molecule has 2 heterocycles. The van der Waals surface area contributed by atoms with Crippen molar-refractivity contribution in [3.63, 3.8) is 0 Å². The van der Waals surface area contributed by atoms with Crippen LogP contribution in [0.5, 0.6) is 0 Å². The summed E-state index contributed by atoms with van der Waals surface area (Å²) in [5, 5.41) is 3.55. The number of aromatic nitrogens is 2. The summed E-state index contributed by atoms with van der Waals surface area (Å²) in [6, 6.07) is 7.96. The smallest absolute Gasteiger partial charge is 0.337 e. The lowest BCUT2D eigenvalue weighted by Gasteiger charge is -2.30. The summed E-state index contributed by atoms with van der Waals surface area (Å²) in [7, 11) is 3.40. The molecule has 1 aromatic carbocycles. The van der Waals surface area contributed by atoms with E-state index < -0.39 is 0 Å². The Morgan fingerprint density at radius 2 is 2.14 bits per heavy atom. The molecule has 1 N–H and O–H groups in total. The number of hydrogen-bond donors (Lipinski definition) is 1. The van der Waals surface area contributed by atoms with E-state index in [4.69, 9.17) is 4.74 Å². The van der Waals surface area contributed by atoms with Gasteiger partial charge >= 0.3 is 5.97 Å². The molecule has 1 saturated heterocycles. The van der Waals surface area contributed by atoms with Crippen LogP contribution in [0.4, 0.5) is 0 Å². The fourth-order valence-electron chi connectivity index (χ4n) is 3.05. The van der Waals surface area contributed by atoms with E-state index in [0.717, 1.165) is 19.4 Å². The van der Waals surface area contributed by atoms with Crippen molar-refractivity contribution in [1.82, 2.24) is 14.9 Å². The first-order valence-electron chi connectivity index (χ1n) is 7.57. The standard InChI is InChI=1S/C17H21N3O2/c1-20-10-16(19-11-20)14-7-8-18-15(9-14)12-3-5-13(6-4-12)17(21)22-2/h3-6,10-11,14-15,18H,7-9H2,1-2H3/t14?,15-/m0/s1. The molecule has 0 radical (unpaired) electrons. The van der Waals surface area contributed by atoms with Gasteiger partial charge in [0.05, 0.1) is 24.7 Å². The van der Waals surface area contributed by atoms with Crippen LogP contribution >= 0.6 is 0 Å². The fraction of sp³-hybridized carbons (Fsp3) is 0.412. The van der Waals surface area contributed by atoms with E-state index in [2.05, 4.69) is 16.5 Å². The maximum absolute atomic E-state index is 11.5. The Bertz CT molecular complexity index is 648. The summed E-state index contributed by atoms with van der Waals surface area (Å²) in [5.41, 5.74) is 2.96. The van der Waals surface area contributed by atoms with Crippen LogP contribution < -0.4 is 5.32 Å². The summed E-state index contributed by atoms with van der Waals surface area (Å²) in [6.45, 7) is 0.977. The first-order chi connectivity index (χ1) is 10.7. The molecule has 116 valence electrons. The zero-order valence-electron chi connectivity index (χ0n) is 13.0. The molecule has 0 bridgehead atoms. The molecular weight excluding hydrogens is 278 g/mol. The summed E-state index contributed by atoms with van der Waals surface area (Å²) >= 11 is 0. The van der Waals surface area contributed by atoms with Crippen LogP contribution in [-0.2, 0) is 11.8 Å². The number of esters is 1. The Labute approximate surface area is 130 Å². The fourth-order valence-corrected chi connectivity index (χ4v) is 3.05. The highest BCUT2D eigenvalue weighted by molar-refractivity contribution is 5.89. The molecule has 22 heavy (non-hydrogen) atoms. The second kappa shape index (κ2) is 6.32. The molecule has 1 fully saturated rings. The third-order valence-corrected chi connectivity index (χ3v) is 4.28. The Morgan fingerprint density at radius 1 is 1.36 bits per heavy atom. The zero-order chi connectivity index (χ0) is 15.5. The average molecular weight is 299 g/mol. The van der Waals surface area contributed by atoms with Crippen LogP contribution in [-0.4, -0.2) is 29.2 Å². The van der Waals surface area contributed by atoms with Crippen molar-refractivity contribution in [2.24, 2.45) is 7.05 Å². The van der Waals surface area contributed by atoms with E-state index in [9.17, 15) is 4.79 Å². The quantitative estimate of drug-likeness (QED) is 0.884. The van der Waals surface area contributed by atoms with Gasteiger partial charge in [0, 0.05) is 25.2 Å². The second-order valence-corrected chi connectivity index (χ2v) is 5.81. The maximum Gasteiger partial charge on any atom is 0.337 e. The second-order valence-electron chi connectivity index (χ2n) is 5.81. The van der Waals surface area contributed by atoms with Crippen LogP contribution in [0.1, 0.15) is 46.4 Å². The van der Waals surface area contributed by atoms with Crippen molar-refractivity contribution >= 4 is 5.97 Å². The molecule has 5 nitrogen and oxygen atoms in total. The minimum absolute atomic E-state index is 0.297. The van der Waals surface area contributed by atoms with E-state index in [-0.39, 0.29) is 5.97 Å². The molecule has 0 spiro atoms. The summed E-state index contributed by atoms with van der Waals surface area (Å²) in [6.07, 6.45) is 6.09. The van der Waals surface area contributed by atoms with E-state index in [1.54, 1.807) is 0 Å². The molecule has 0 saturated carbocycles. The maximum atomic E-state index is 11.5. The van der Waals surface area contributed by atoms with Gasteiger partial charge in [0.15, 0.2) is 0 Å². The molecule has 1 aliphatic rings. The summed E-state index contributed by atoms with van der Waals surface area (Å²) in [4.78, 5) is 16.0. The van der Waals surface area contributed by atoms with Crippen molar-refractivity contribution in [3.05, 3.63) is 53.6 Å². The van der Waals surface area contributed by atoms with Gasteiger partial charge in [-0.1, -0.05) is 12.1 Å². The molecule has 5 heteroatoms. The van der Waals surface area contributed by atoms with Crippen LogP contribution in [0, 0.1) is 0 Å². The van der Waals surface area contributed by atoms with E-state index in [1.807, 2.05) is 42.2 Å². The Hall–Kier alpha value is -2.14. The minimum Gasteiger partial charge on any atom is -0.465 e. The summed E-state index contributed by atoms with van der Waals surface area (Å²) in [5.74, 6) is 0.183. The Morgan fingerprint density at radius 3 is 2.77 bits per heavy atom. The van der Waals surface area contributed by atoms with Gasteiger partial charge in [0.25, 0.3) is 0 Å². The van der Waals surface area contributed by atoms with Gasteiger partial charge in [-0.15, -0.1) is 0 Å². The molecular formula is C17H21N3O2. The molecule has 0 aliphatic carbocycles. The largest absolute Gasteiger partial charge is 0.465 e. The van der Waals surface area contributed by atoms with Crippen LogP contribution in [0.3, 0.4) is 0 Å². The Balaban J connectivity index is 1.73. The number of imidazole rings is 1. The number of nitrogens with one attached hydrogen (secondary N) is 1. The zero-order valence-corrected chi connectivity index (χ0v) is 13.0. The lowest BCUT2D eigenvalue weighted by molar-refractivity contribution is 0.0600. The van der Waals surface area contributed by atoms with Crippen molar-refractivity contribution in [2.75, 3.05) is 13.7 Å². The number of carbonyl (C=O) groups excluding carboxylic acids is 1. The number of piperidine rings is 1. The van der Waals surface area contributed by atoms with E-state index in [1.165, 1.54) is 18.4 Å². The number of benzene rings is 1. The van der Waals surface area contributed by atoms with Crippen LogP contribution in [0.25, 0.3) is 0 Å². The minimum atomic E-state index is -0.297. The Kier molecular flexibility index (Phi) is 4.24. The number of rotatable bonds is 3. The molecule has 3 rings (SSSR count). The molecule has 1 aromatic heterocycles. The van der Waals surface area contributed by atoms with Gasteiger partial charge < -0.3 is 14.6 Å².